The molecule has 0 aromatic rings. The van der Waals surface area contributed by atoms with Crippen molar-refractivity contribution >= 4 is 16.2 Å². The molecule has 0 aromatic carbocycles. The molecule has 1 unspecified atom stereocenters. The number of aliphatic carboxylic acids is 1. The van der Waals surface area contributed by atoms with Gasteiger partial charge in [-0.15, -0.1) is 0 Å². The molecule has 14 heavy (non-hydrogen) atoms. The summed E-state index contributed by atoms with van der Waals surface area (Å²) in [5.74, 6) is -1.71. The maximum absolute atomic E-state index is 11.3. The van der Waals surface area contributed by atoms with E-state index in [1.807, 2.05) is 0 Å². The van der Waals surface area contributed by atoms with E-state index in [1.54, 1.807) is 6.92 Å². The number of nitrogens with zero attached hydrogens (tertiary/aromatic N) is 1. The van der Waals surface area contributed by atoms with E-state index in [-0.39, 0.29) is 13.1 Å². The monoisotopic (exact) mass is 224 g/mol. The fraction of sp³-hybridized carbons (Fsp3) is 0.857. The molecule has 1 atom stereocenters. The standard InChI is InChI=1S/C7H16N2O4S/c1-4-9(14(12,13)8-3)5-6(2)7(10)11/h6,8H,4-5H2,1-3H3,(H,10,11). The van der Waals surface area contributed by atoms with Crippen LogP contribution in [0.2, 0.25) is 0 Å². The van der Waals surface area contributed by atoms with Crippen molar-refractivity contribution in [3.05, 3.63) is 0 Å². The highest BCUT2D eigenvalue weighted by Crippen LogP contribution is 2.04. The first-order valence-corrected chi connectivity index (χ1v) is 5.70. The number of carbonyl (C=O) groups is 1. The van der Waals surface area contributed by atoms with Crippen LogP contribution in [0.1, 0.15) is 13.8 Å². The van der Waals surface area contributed by atoms with Gasteiger partial charge in [0.1, 0.15) is 0 Å². The Labute approximate surface area is 84.1 Å². The molecule has 0 heterocycles. The molecule has 0 aromatic heterocycles. The molecule has 0 aliphatic rings. The van der Waals surface area contributed by atoms with Gasteiger partial charge in [-0.1, -0.05) is 13.8 Å². The van der Waals surface area contributed by atoms with Crippen molar-refractivity contribution in [2.45, 2.75) is 13.8 Å². The van der Waals surface area contributed by atoms with E-state index in [1.165, 1.54) is 14.0 Å². The van der Waals surface area contributed by atoms with Crippen molar-refractivity contribution in [2.75, 3.05) is 20.1 Å². The van der Waals surface area contributed by atoms with E-state index in [4.69, 9.17) is 5.11 Å². The highest BCUT2D eigenvalue weighted by atomic mass is 32.2. The van der Waals surface area contributed by atoms with Crippen LogP contribution >= 0.6 is 0 Å². The summed E-state index contributed by atoms with van der Waals surface area (Å²) in [6.45, 7) is 3.36. The Morgan fingerprint density at radius 2 is 2.07 bits per heavy atom. The largest absolute Gasteiger partial charge is 0.481 e. The molecule has 0 saturated carbocycles. The Kier molecular flexibility index (Phi) is 5.03. The summed E-state index contributed by atoms with van der Waals surface area (Å²) >= 11 is 0. The number of carboxylic acid groups (broad SMARTS) is 1. The fourth-order valence-electron chi connectivity index (χ4n) is 0.910. The molecule has 0 radical (unpaired) electrons. The van der Waals surface area contributed by atoms with Gasteiger partial charge in [0.05, 0.1) is 5.92 Å². The second-order valence-electron chi connectivity index (χ2n) is 2.90. The lowest BCUT2D eigenvalue weighted by Gasteiger charge is -2.21. The van der Waals surface area contributed by atoms with Crippen molar-refractivity contribution in [3.8, 4) is 0 Å². The van der Waals surface area contributed by atoms with Gasteiger partial charge in [-0.25, -0.2) is 4.72 Å². The number of carboxylic acids is 1. The van der Waals surface area contributed by atoms with Crippen LogP contribution in [0.15, 0.2) is 0 Å². The van der Waals surface area contributed by atoms with Crippen LogP contribution in [0.3, 0.4) is 0 Å². The highest BCUT2D eigenvalue weighted by Gasteiger charge is 2.23. The Hall–Kier alpha value is -0.660. The molecule has 84 valence electrons. The van der Waals surface area contributed by atoms with Gasteiger partial charge in [-0.2, -0.15) is 12.7 Å². The molecular formula is C7H16N2O4S. The van der Waals surface area contributed by atoms with Crippen molar-refractivity contribution in [2.24, 2.45) is 5.92 Å². The van der Waals surface area contributed by atoms with Gasteiger partial charge in [-0.3, -0.25) is 4.79 Å². The summed E-state index contributed by atoms with van der Waals surface area (Å²) < 4.78 is 25.9. The predicted molar refractivity (Wildman–Crippen MR) is 52.0 cm³/mol. The fourth-order valence-corrected chi connectivity index (χ4v) is 1.93. The molecule has 0 fully saturated rings. The molecule has 7 heteroatoms. The molecule has 0 amide bonds. The lowest BCUT2D eigenvalue weighted by atomic mass is 10.2. The predicted octanol–water partition coefficient (Wildman–Crippen LogP) is -0.507. The minimum atomic E-state index is -3.52. The summed E-state index contributed by atoms with van der Waals surface area (Å²) in [6, 6.07) is 0. The Bertz CT molecular complexity index is 288. The summed E-state index contributed by atoms with van der Waals surface area (Å²) in [5.41, 5.74) is 0. The first-order valence-electron chi connectivity index (χ1n) is 4.26. The Balaban J connectivity index is 4.53. The molecule has 0 rings (SSSR count). The number of hydrogen-bond donors (Lipinski definition) is 2. The van der Waals surface area contributed by atoms with Crippen molar-refractivity contribution in [3.63, 3.8) is 0 Å². The average molecular weight is 224 g/mol. The van der Waals surface area contributed by atoms with Crippen molar-refractivity contribution in [1.82, 2.24) is 9.03 Å². The van der Waals surface area contributed by atoms with Crippen LogP contribution in [0.25, 0.3) is 0 Å². The average Bonchev–Trinajstić information content (AvgIpc) is 2.13. The molecule has 0 aliphatic carbocycles. The van der Waals surface area contributed by atoms with Gasteiger partial charge in [-0.05, 0) is 0 Å². The molecular weight excluding hydrogens is 208 g/mol. The quantitative estimate of drug-likeness (QED) is 0.636. The molecule has 0 bridgehead atoms. The highest BCUT2D eigenvalue weighted by molar-refractivity contribution is 7.87. The van der Waals surface area contributed by atoms with Crippen LogP contribution < -0.4 is 4.72 Å². The van der Waals surface area contributed by atoms with Gasteiger partial charge in [0.2, 0.25) is 0 Å². The molecule has 6 nitrogen and oxygen atoms in total. The minimum Gasteiger partial charge on any atom is -0.481 e. The van der Waals surface area contributed by atoms with Gasteiger partial charge >= 0.3 is 5.97 Å². The van der Waals surface area contributed by atoms with Crippen LogP contribution in [-0.4, -0.2) is 43.9 Å². The van der Waals surface area contributed by atoms with Gasteiger partial charge in [0, 0.05) is 20.1 Å². The van der Waals surface area contributed by atoms with Crippen molar-refractivity contribution in [1.29, 1.82) is 0 Å². The van der Waals surface area contributed by atoms with Crippen LogP contribution in [-0.2, 0) is 15.0 Å². The summed E-state index contributed by atoms with van der Waals surface area (Å²) in [6.07, 6.45) is 0. The second-order valence-corrected chi connectivity index (χ2v) is 4.77. The Morgan fingerprint density at radius 3 is 2.36 bits per heavy atom. The van der Waals surface area contributed by atoms with Crippen LogP contribution in [0.4, 0.5) is 0 Å². The topological polar surface area (TPSA) is 86.7 Å². The van der Waals surface area contributed by atoms with E-state index in [0.717, 1.165) is 4.31 Å². The van der Waals surface area contributed by atoms with Gasteiger partial charge < -0.3 is 5.11 Å². The smallest absolute Gasteiger partial charge is 0.307 e. The third-order valence-corrected chi connectivity index (χ3v) is 3.45. The first-order chi connectivity index (χ1) is 6.35. The summed E-state index contributed by atoms with van der Waals surface area (Å²) in [4.78, 5) is 10.5. The summed E-state index contributed by atoms with van der Waals surface area (Å²) in [7, 11) is -2.22. The zero-order valence-corrected chi connectivity index (χ0v) is 9.34. The summed E-state index contributed by atoms with van der Waals surface area (Å²) in [5, 5.41) is 8.62. The number of rotatable bonds is 6. The van der Waals surface area contributed by atoms with Crippen molar-refractivity contribution < 1.29 is 18.3 Å². The lowest BCUT2D eigenvalue weighted by molar-refractivity contribution is -0.141. The third-order valence-electron chi connectivity index (χ3n) is 1.85. The number of nitrogens with one attached hydrogen (secondary N) is 1. The van der Waals surface area contributed by atoms with Crippen LogP contribution in [0, 0.1) is 5.92 Å². The number of hydrogen-bond acceptors (Lipinski definition) is 3. The molecule has 2 N–H and O–H groups in total. The Morgan fingerprint density at radius 1 is 1.57 bits per heavy atom. The minimum absolute atomic E-state index is 0.0188. The second kappa shape index (κ2) is 5.28. The SMILES string of the molecule is CCN(CC(C)C(=O)O)S(=O)(=O)NC. The zero-order chi connectivity index (χ0) is 11.4. The zero-order valence-electron chi connectivity index (χ0n) is 8.52. The van der Waals surface area contributed by atoms with E-state index < -0.39 is 22.1 Å². The maximum Gasteiger partial charge on any atom is 0.307 e. The van der Waals surface area contributed by atoms with E-state index in [2.05, 4.69) is 4.72 Å². The third kappa shape index (κ3) is 3.60. The van der Waals surface area contributed by atoms with Gasteiger partial charge in [0.25, 0.3) is 10.2 Å². The van der Waals surface area contributed by atoms with E-state index >= 15 is 0 Å². The lowest BCUT2D eigenvalue weighted by Crippen LogP contribution is -2.42. The molecule has 0 spiro atoms. The molecule has 0 saturated heterocycles. The normalized spacial score (nSPS) is 14.3. The maximum atomic E-state index is 11.3. The van der Waals surface area contributed by atoms with E-state index in [0.29, 0.717) is 0 Å². The van der Waals surface area contributed by atoms with Gasteiger partial charge in [0.15, 0.2) is 0 Å². The van der Waals surface area contributed by atoms with E-state index in [9.17, 15) is 13.2 Å². The first kappa shape index (κ1) is 13.3. The van der Waals surface area contributed by atoms with Crippen LogP contribution in [0.5, 0.6) is 0 Å². The molecule has 0 aliphatic heterocycles.